The summed E-state index contributed by atoms with van der Waals surface area (Å²) in [4.78, 5) is 35.4. The van der Waals surface area contributed by atoms with Gasteiger partial charge in [0.05, 0.1) is 24.3 Å². The Kier molecular flexibility index (Phi) is 7.33. The van der Waals surface area contributed by atoms with Gasteiger partial charge in [-0.25, -0.2) is 4.98 Å². The van der Waals surface area contributed by atoms with E-state index in [1.54, 1.807) is 27.9 Å². The third-order valence-electron chi connectivity index (χ3n) is 5.70. The third kappa shape index (κ3) is 4.63. The zero-order chi connectivity index (χ0) is 22.7. The van der Waals surface area contributed by atoms with Crippen molar-refractivity contribution in [1.82, 2.24) is 9.55 Å². The Bertz CT molecular complexity index is 1150. The molecule has 0 saturated carbocycles. The molecule has 2 aromatic heterocycles. The molecular weight excluding hydrogens is 442 g/mol. The number of carbonyl (C=O) groups is 1. The molecule has 0 spiro atoms. The van der Waals surface area contributed by atoms with Crippen molar-refractivity contribution in [2.45, 2.75) is 57.3 Å². The number of nitrogens with zero attached hydrogens (tertiary/aromatic N) is 3. The van der Waals surface area contributed by atoms with Crippen LogP contribution in [-0.4, -0.2) is 41.0 Å². The van der Waals surface area contributed by atoms with Gasteiger partial charge in [0.1, 0.15) is 4.83 Å². The van der Waals surface area contributed by atoms with Crippen molar-refractivity contribution in [2.75, 3.05) is 24.4 Å². The molecule has 0 saturated heterocycles. The van der Waals surface area contributed by atoms with Crippen molar-refractivity contribution in [3.8, 4) is 0 Å². The largest absolute Gasteiger partial charge is 0.383 e. The van der Waals surface area contributed by atoms with E-state index in [1.807, 2.05) is 44.2 Å². The molecule has 1 aromatic carbocycles. The van der Waals surface area contributed by atoms with Crippen LogP contribution in [0, 0.1) is 0 Å². The highest BCUT2D eigenvalue weighted by Gasteiger charge is 2.24. The highest BCUT2D eigenvalue weighted by molar-refractivity contribution is 7.99. The van der Waals surface area contributed by atoms with Crippen molar-refractivity contribution >= 4 is 44.9 Å². The fourth-order valence-corrected chi connectivity index (χ4v) is 6.41. The molecule has 6 nitrogen and oxygen atoms in total. The number of thiophene rings is 1. The maximum Gasteiger partial charge on any atom is 0.263 e. The molecule has 0 radical (unpaired) electrons. The first-order chi connectivity index (χ1) is 15.5. The van der Waals surface area contributed by atoms with Gasteiger partial charge in [0.2, 0.25) is 5.91 Å². The van der Waals surface area contributed by atoms with E-state index in [0.29, 0.717) is 18.3 Å². The van der Waals surface area contributed by atoms with Crippen LogP contribution in [0.2, 0.25) is 0 Å². The fraction of sp³-hybridized carbons (Fsp3) is 0.458. The normalized spacial score (nSPS) is 13.5. The Morgan fingerprint density at radius 3 is 2.72 bits per heavy atom. The van der Waals surface area contributed by atoms with E-state index < -0.39 is 0 Å². The predicted molar refractivity (Wildman–Crippen MR) is 132 cm³/mol. The van der Waals surface area contributed by atoms with Crippen molar-refractivity contribution < 1.29 is 9.53 Å². The van der Waals surface area contributed by atoms with Gasteiger partial charge in [-0.3, -0.25) is 14.2 Å². The van der Waals surface area contributed by atoms with Crippen LogP contribution in [0.4, 0.5) is 5.69 Å². The number of hydrogen-bond donors (Lipinski definition) is 0. The van der Waals surface area contributed by atoms with E-state index in [2.05, 4.69) is 0 Å². The van der Waals surface area contributed by atoms with E-state index in [4.69, 9.17) is 9.72 Å². The number of amides is 1. The molecule has 0 atom stereocenters. The number of ether oxygens (including phenoxy) is 1. The molecule has 3 aromatic rings. The molecule has 0 bridgehead atoms. The van der Waals surface area contributed by atoms with Crippen LogP contribution in [0.15, 0.2) is 40.3 Å². The summed E-state index contributed by atoms with van der Waals surface area (Å²) in [6, 6.07) is 9.72. The monoisotopic (exact) mass is 471 g/mol. The van der Waals surface area contributed by atoms with Gasteiger partial charge >= 0.3 is 0 Å². The number of carbonyl (C=O) groups excluding carboxylic acids is 1. The summed E-state index contributed by atoms with van der Waals surface area (Å²) in [6.07, 6.45) is 4.25. The van der Waals surface area contributed by atoms with E-state index in [-0.39, 0.29) is 23.3 Å². The summed E-state index contributed by atoms with van der Waals surface area (Å²) in [5.74, 6) is 0.206. The molecule has 8 heteroatoms. The lowest BCUT2D eigenvalue weighted by Crippen LogP contribution is -2.38. The zero-order valence-corrected chi connectivity index (χ0v) is 20.4. The van der Waals surface area contributed by atoms with Crippen molar-refractivity contribution in [1.29, 1.82) is 0 Å². The second-order valence-corrected chi connectivity index (χ2v) is 10.2. The molecule has 32 heavy (non-hydrogen) atoms. The standard InChI is InChI=1S/C24H29N3O3S2/c1-16(2)27(17-9-5-4-6-10-17)20(28)15-31-24-25-22-21(23(29)26(24)13-14-30-3)18-11-7-8-12-19(18)32-22/h4-6,9-10,16H,7-8,11-15H2,1-3H3. The summed E-state index contributed by atoms with van der Waals surface area (Å²) in [6.45, 7) is 4.85. The van der Waals surface area contributed by atoms with Crippen LogP contribution in [0.5, 0.6) is 0 Å². The summed E-state index contributed by atoms with van der Waals surface area (Å²) < 4.78 is 6.93. The smallest absolute Gasteiger partial charge is 0.263 e. The van der Waals surface area contributed by atoms with Gasteiger partial charge in [-0.2, -0.15) is 0 Å². The lowest BCUT2D eigenvalue weighted by molar-refractivity contribution is -0.116. The summed E-state index contributed by atoms with van der Waals surface area (Å²) in [5.41, 5.74) is 2.05. The van der Waals surface area contributed by atoms with Gasteiger partial charge in [0.25, 0.3) is 5.56 Å². The summed E-state index contributed by atoms with van der Waals surface area (Å²) in [5, 5.41) is 1.35. The van der Waals surface area contributed by atoms with Gasteiger partial charge in [0.15, 0.2) is 5.16 Å². The molecule has 0 aliphatic heterocycles. The molecule has 4 rings (SSSR count). The van der Waals surface area contributed by atoms with Gasteiger partial charge in [-0.1, -0.05) is 30.0 Å². The predicted octanol–water partition coefficient (Wildman–Crippen LogP) is 4.52. The highest BCUT2D eigenvalue weighted by atomic mass is 32.2. The van der Waals surface area contributed by atoms with Crippen LogP contribution in [0.3, 0.4) is 0 Å². The van der Waals surface area contributed by atoms with Gasteiger partial charge < -0.3 is 9.64 Å². The number of benzene rings is 1. The van der Waals surface area contributed by atoms with Gasteiger partial charge in [-0.15, -0.1) is 11.3 Å². The quantitative estimate of drug-likeness (QED) is 0.357. The minimum atomic E-state index is -0.00910. The van der Waals surface area contributed by atoms with Crippen molar-refractivity contribution in [3.05, 3.63) is 51.1 Å². The Morgan fingerprint density at radius 1 is 1.25 bits per heavy atom. The van der Waals surface area contributed by atoms with E-state index in [9.17, 15) is 9.59 Å². The minimum absolute atomic E-state index is 0.00527. The Balaban J connectivity index is 1.65. The third-order valence-corrected chi connectivity index (χ3v) is 7.85. The second kappa shape index (κ2) is 10.2. The number of aromatic nitrogens is 2. The average molecular weight is 472 g/mol. The first-order valence-electron chi connectivity index (χ1n) is 11.0. The Labute approximate surface area is 196 Å². The number of thioether (sulfide) groups is 1. The average Bonchev–Trinajstić information content (AvgIpc) is 3.16. The number of methoxy groups -OCH3 is 1. The maximum absolute atomic E-state index is 13.5. The van der Waals surface area contributed by atoms with Gasteiger partial charge in [-0.05, 0) is 57.2 Å². The molecule has 170 valence electrons. The maximum atomic E-state index is 13.5. The van der Waals surface area contributed by atoms with Crippen LogP contribution in [-0.2, 0) is 28.9 Å². The SMILES string of the molecule is COCCn1c(SCC(=O)N(c2ccccc2)C(C)C)nc2sc3c(c2c1=O)CCCC3. The summed E-state index contributed by atoms with van der Waals surface area (Å²) >= 11 is 2.97. The fourth-order valence-electron chi connectivity index (χ4n) is 4.22. The van der Waals surface area contributed by atoms with Crippen LogP contribution in [0.1, 0.15) is 37.1 Å². The number of rotatable bonds is 8. The van der Waals surface area contributed by atoms with Crippen molar-refractivity contribution in [2.24, 2.45) is 0 Å². The van der Waals surface area contributed by atoms with Crippen LogP contribution in [0.25, 0.3) is 10.2 Å². The lowest BCUT2D eigenvalue weighted by atomic mass is 9.97. The minimum Gasteiger partial charge on any atom is -0.383 e. The molecule has 1 aliphatic carbocycles. The summed E-state index contributed by atoms with van der Waals surface area (Å²) in [7, 11) is 1.63. The molecule has 1 aliphatic rings. The second-order valence-electron chi connectivity index (χ2n) is 8.22. The first-order valence-corrected chi connectivity index (χ1v) is 12.9. The molecule has 2 heterocycles. The van der Waals surface area contributed by atoms with Crippen LogP contribution >= 0.6 is 23.1 Å². The number of fused-ring (bicyclic) bond motifs is 3. The number of para-hydroxylation sites is 1. The van der Waals surface area contributed by atoms with E-state index in [1.165, 1.54) is 22.2 Å². The highest BCUT2D eigenvalue weighted by Crippen LogP contribution is 2.34. The van der Waals surface area contributed by atoms with Gasteiger partial charge in [0, 0.05) is 23.7 Å². The van der Waals surface area contributed by atoms with E-state index in [0.717, 1.165) is 41.6 Å². The number of hydrogen-bond acceptors (Lipinski definition) is 6. The molecule has 0 N–H and O–H groups in total. The van der Waals surface area contributed by atoms with E-state index >= 15 is 0 Å². The molecular formula is C24H29N3O3S2. The van der Waals surface area contributed by atoms with Crippen LogP contribution < -0.4 is 10.5 Å². The number of anilines is 1. The molecule has 0 fully saturated rings. The molecule has 1 amide bonds. The zero-order valence-electron chi connectivity index (χ0n) is 18.8. The lowest BCUT2D eigenvalue weighted by Gasteiger charge is -2.27. The topological polar surface area (TPSA) is 64.4 Å². The first kappa shape index (κ1) is 23.0. The Hall–Kier alpha value is -2.16. The molecule has 0 unspecified atom stereocenters. The Morgan fingerprint density at radius 2 is 2.00 bits per heavy atom. The number of aryl methyl sites for hydroxylation is 2. The van der Waals surface area contributed by atoms with Crippen molar-refractivity contribution in [3.63, 3.8) is 0 Å².